The Labute approximate surface area is 119 Å². The standard InChI is InChI=1S/C17H21N3/c1-11-9-12(2)20(10-11)16-8-7-15(17(18)19)13-5-3-4-6-14(13)16/h3-8,11-12H,9-10H2,1-2H3,(H3,18,19). The Morgan fingerprint density at radius 2 is 1.85 bits per heavy atom. The molecule has 104 valence electrons. The Kier molecular flexibility index (Phi) is 3.13. The van der Waals surface area contributed by atoms with Gasteiger partial charge in [-0.15, -0.1) is 0 Å². The fraction of sp³-hybridized carbons (Fsp3) is 0.353. The van der Waals surface area contributed by atoms with Gasteiger partial charge in [-0.3, -0.25) is 5.41 Å². The molecule has 3 N–H and O–H groups in total. The second-order valence-electron chi connectivity index (χ2n) is 5.93. The number of fused-ring (bicyclic) bond motifs is 1. The summed E-state index contributed by atoms with van der Waals surface area (Å²) < 4.78 is 0. The van der Waals surface area contributed by atoms with E-state index in [-0.39, 0.29) is 5.84 Å². The molecule has 0 bridgehead atoms. The van der Waals surface area contributed by atoms with E-state index in [2.05, 4.69) is 43.0 Å². The highest BCUT2D eigenvalue weighted by molar-refractivity contribution is 6.10. The zero-order valence-electron chi connectivity index (χ0n) is 12.1. The first-order chi connectivity index (χ1) is 9.58. The monoisotopic (exact) mass is 267 g/mol. The van der Waals surface area contributed by atoms with Crippen LogP contribution in [0.3, 0.4) is 0 Å². The molecule has 0 amide bonds. The fourth-order valence-corrected chi connectivity index (χ4v) is 3.40. The van der Waals surface area contributed by atoms with E-state index < -0.39 is 0 Å². The third kappa shape index (κ3) is 2.03. The van der Waals surface area contributed by atoms with Crippen LogP contribution in [0.1, 0.15) is 25.8 Å². The predicted molar refractivity (Wildman–Crippen MR) is 85.6 cm³/mol. The zero-order chi connectivity index (χ0) is 14.3. The van der Waals surface area contributed by atoms with Crippen molar-refractivity contribution >= 4 is 22.3 Å². The highest BCUT2D eigenvalue weighted by Crippen LogP contribution is 2.35. The van der Waals surface area contributed by atoms with Gasteiger partial charge in [0.1, 0.15) is 5.84 Å². The smallest absolute Gasteiger partial charge is 0.123 e. The lowest BCUT2D eigenvalue weighted by Gasteiger charge is -2.26. The molecule has 1 saturated heterocycles. The van der Waals surface area contributed by atoms with Crippen molar-refractivity contribution < 1.29 is 0 Å². The third-order valence-corrected chi connectivity index (χ3v) is 4.28. The summed E-state index contributed by atoms with van der Waals surface area (Å²) in [6.45, 7) is 5.70. The molecule has 1 aliphatic rings. The number of anilines is 1. The Balaban J connectivity index is 2.18. The first kappa shape index (κ1) is 13.0. The van der Waals surface area contributed by atoms with E-state index in [9.17, 15) is 0 Å². The minimum absolute atomic E-state index is 0.135. The van der Waals surface area contributed by atoms with E-state index >= 15 is 0 Å². The van der Waals surface area contributed by atoms with Crippen molar-refractivity contribution in [2.45, 2.75) is 26.3 Å². The first-order valence-electron chi connectivity index (χ1n) is 7.20. The SMILES string of the molecule is CC1CC(C)N(c2ccc(C(=N)N)c3ccccc23)C1. The molecule has 0 spiro atoms. The fourth-order valence-electron chi connectivity index (χ4n) is 3.40. The summed E-state index contributed by atoms with van der Waals surface area (Å²) in [7, 11) is 0. The molecule has 3 rings (SSSR count). The van der Waals surface area contributed by atoms with Crippen LogP contribution in [0, 0.1) is 11.3 Å². The molecule has 1 aliphatic heterocycles. The minimum Gasteiger partial charge on any atom is -0.384 e. The molecular weight excluding hydrogens is 246 g/mol. The summed E-state index contributed by atoms with van der Waals surface area (Å²) in [5, 5.41) is 10.0. The van der Waals surface area contributed by atoms with Crippen molar-refractivity contribution in [2.75, 3.05) is 11.4 Å². The molecule has 1 fully saturated rings. The molecule has 2 aromatic rings. The molecule has 2 unspecified atom stereocenters. The molecule has 2 atom stereocenters. The van der Waals surface area contributed by atoms with Crippen LogP contribution in [0.25, 0.3) is 10.8 Å². The van der Waals surface area contributed by atoms with Crippen molar-refractivity contribution in [1.82, 2.24) is 0 Å². The Bertz CT molecular complexity index is 662. The molecular formula is C17H21N3. The van der Waals surface area contributed by atoms with Gasteiger partial charge in [-0.1, -0.05) is 31.2 Å². The predicted octanol–water partition coefficient (Wildman–Crippen LogP) is 3.36. The van der Waals surface area contributed by atoms with Gasteiger partial charge in [-0.2, -0.15) is 0 Å². The maximum absolute atomic E-state index is 7.73. The van der Waals surface area contributed by atoms with Crippen LogP contribution < -0.4 is 10.6 Å². The summed E-state index contributed by atoms with van der Waals surface area (Å²) in [6.07, 6.45) is 1.24. The number of hydrogen-bond acceptors (Lipinski definition) is 2. The van der Waals surface area contributed by atoms with Gasteiger partial charge in [0.2, 0.25) is 0 Å². The number of nitrogens with two attached hydrogens (primary N) is 1. The summed E-state index contributed by atoms with van der Waals surface area (Å²) in [4.78, 5) is 2.48. The van der Waals surface area contributed by atoms with Crippen LogP contribution in [-0.2, 0) is 0 Å². The summed E-state index contributed by atoms with van der Waals surface area (Å²) in [6, 6.07) is 12.9. The number of hydrogen-bond donors (Lipinski definition) is 2. The van der Waals surface area contributed by atoms with Gasteiger partial charge in [0.15, 0.2) is 0 Å². The quantitative estimate of drug-likeness (QED) is 0.647. The van der Waals surface area contributed by atoms with Crippen molar-refractivity contribution in [3.05, 3.63) is 42.0 Å². The topological polar surface area (TPSA) is 53.1 Å². The molecule has 3 nitrogen and oxygen atoms in total. The van der Waals surface area contributed by atoms with Crippen molar-refractivity contribution in [3.8, 4) is 0 Å². The van der Waals surface area contributed by atoms with Crippen molar-refractivity contribution in [1.29, 1.82) is 5.41 Å². The van der Waals surface area contributed by atoms with Gasteiger partial charge in [0.05, 0.1) is 0 Å². The lowest BCUT2D eigenvalue weighted by atomic mass is 10.0. The van der Waals surface area contributed by atoms with E-state index in [1.54, 1.807) is 0 Å². The number of nitrogen functional groups attached to an aromatic ring is 1. The van der Waals surface area contributed by atoms with Crippen LogP contribution in [0.4, 0.5) is 5.69 Å². The summed E-state index contributed by atoms with van der Waals surface area (Å²) in [5.41, 5.74) is 7.79. The third-order valence-electron chi connectivity index (χ3n) is 4.28. The van der Waals surface area contributed by atoms with Crippen LogP contribution in [0.2, 0.25) is 0 Å². The largest absolute Gasteiger partial charge is 0.384 e. The number of amidine groups is 1. The number of benzene rings is 2. The molecule has 0 radical (unpaired) electrons. The van der Waals surface area contributed by atoms with E-state index in [0.29, 0.717) is 6.04 Å². The summed E-state index contributed by atoms with van der Waals surface area (Å²) in [5.74, 6) is 0.867. The second kappa shape index (κ2) is 4.82. The normalized spacial score (nSPS) is 22.4. The maximum atomic E-state index is 7.73. The Morgan fingerprint density at radius 1 is 1.15 bits per heavy atom. The van der Waals surface area contributed by atoms with Gasteiger partial charge >= 0.3 is 0 Å². The highest BCUT2D eigenvalue weighted by Gasteiger charge is 2.27. The molecule has 20 heavy (non-hydrogen) atoms. The molecule has 0 aromatic heterocycles. The minimum atomic E-state index is 0.135. The maximum Gasteiger partial charge on any atom is 0.123 e. The molecule has 0 saturated carbocycles. The zero-order valence-corrected chi connectivity index (χ0v) is 12.1. The van der Waals surface area contributed by atoms with Gasteiger partial charge in [0, 0.05) is 29.2 Å². The summed E-state index contributed by atoms with van der Waals surface area (Å²) >= 11 is 0. The Morgan fingerprint density at radius 3 is 2.45 bits per heavy atom. The van der Waals surface area contributed by atoms with E-state index in [1.807, 2.05) is 12.1 Å². The molecule has 3 heteroatoms. The number of nitrogens with zero attached hydrogens (tertiary/aromatic N) is 1. The van der Waals surface area contributed by atoms with Crippen LogP contribution in [0.15, 0.2) is 36.4 Å². The van der Waals surface area contributed by atoms with E-state index in [4.69, 9.17) is 11.1 Å². The highest BCUT2D eigenvalue weighted by atomic mass is 15.2. The first-order valence-corrected chi connectivity index (χ1v) is 7.20. The number of nitrogens with one attached hydrogen (secondary N) is 1. The molecule has 1 heterocycles. The van der Waals surface area contributed by atoms with Crippen molar-refractivity contribution in [2.24, 2.45) is 11.7 Å². The molecule has 0 aliphatic carbocycles. The van der Waals surface area contributed by atoms with Crippen molar-refractivity contribution in [3.63, 3.8) is 0 Å². The van der Waals surface area contributed by atoms with Gasteiger partial charge in [-0.05, 0) is 36.8 Å². The Hall–Kier alpha value is -2.03. The van der Waals surface area contributed by atoms with Gasteiger partial charge < -0.3 is 10.6 Å². The van der Waals surface area contributed by atoms with Gasteiger partial charge in [-0.25, -0.2) is 0 Å². The van der Waals surface area contributed by atoms with E-state index in [1.165, 1.54) is 17.5 Å². The van der Waals surface area contributed by atoms with Gasteiger partial charge in [0.25, 0.3) is 0 Å². The average molecular weight is 267 g/mol. The van der Waals surface area contributed by atoms with Crippen LogP contribution in [0.5, 0.6) is 0 Å². The van der Waals surface area contributed by atoms with Crippen LogP contribution in [-0.4, -0.2) is 18.4 Å². The van der Waals surface area contributed by atoms with E-state index in [0.717, 1.165) is 23.4 Å². The second-order valence-corrected chi connectivity index (χ2v) is 5.93. The lowest BCUT2D eigenvalue weighted by molar-refractivity contribution is 0.625. The average Bonchev–Trinajstić information content (AvgIpc) is 2.76. The number of rotatable bonds is 2. The lowest BCUT2D eigenvalue weighted by Crippen LogP contribution is -2.27. The molecule has 2 aromatic carbocycles. The van der Waals surface area contributed by atoms with Crippen LogP contribution >= 0.6 is 0 Å².